The topological polar surface area (TPSA) is 58.0 Å². The predicted octanol–water partition coefficient (Wildman–Crippen LogP) is 10.1. The van der Waals surface area contributed by atoms with E-state index in [9.17, 15) is 5.26 Å². The highest BCUT2D eigenvalue weighted by molar-refractivity contribution is 6.21. The van der Waals surface area contributed by atoms with Gasteiger partial charge in [0.2, 0.25) is 0 Å². The second kappa shape index (κ2) is 8.82. The second-order valence-electron chi connectivity index (χ2n) is 12.0. The molecule has 5 nitrogen and oxygen atoms in total. The number of benzene rings is 5. The van der Waals surface area contributed by atoms with Crippen LogP contribution in [0.5, 0.6) is 0 Å². The van der Waals surface area contributed by atoms with Gasteiger partial charge in [-0.1, -0.05) is 92.7 Å². The zero-order chi connectivity index (χ0) is 29.6. The molecule has 3 aromatic heterocycles. The molecular formula is C39H26N4O. The summed E-state index contributed by atoms with van der Waals surface area (Å²) in [5.74, 6) is 0. The van der Waals surface area contributed by atoms with Crippen molar-refractivity contribution in [3.8, 4) is 11.8 Å². The zero-order valence-electron chi connectivity index (χ0n) is 24.2. The number of fused-ring (bicyclic) bond motifs is 9. The van der Waals surface area contributed by atoms with Crippen molar-refractivity contribution < 1.29 is 4.42 Å². The van der Waals surface area contributed by atoms with Crippen LogP contribution in [0.25, 0.3) is 49.4 Å². The molecule has 1 aliphatic rings. The maximum absolute atomic E-state index is 10.4. The Labute approximate surface area is 253 Å². The van der Waals surface area contributed by atoms with E-state index in [-0.39, 0.29) is 5.41 Å². The third kappa shape index (κ3) is 3.20. The summed E-state index contributed by atoms with van der Waals surface area (Å²) in [4.78, 5) is 7.07. The molecule has 0 amide bonds. The van der Waals surface area contributed by atoms with Gasteiger partial charge in [0.15, 0.2) is 11.3 Å². The van der Waals surface area contributed by atoms with Gasteiger partial charge in [-0.05, 0) is 47.5 Å². The summed E-state index contributed by atoms with van der Waals surface area (Å²) < 4.78 is 8.72. The lowest BCUT2D eigenvalue weighted by Gasteiger charge is -2.41. The van der Waals surface area contributed by atoms with E-state index in [0.717, 1.165) is 60.8 Å². The minimum Gasteiger partial charge on any atom is -0.454 e. The van der Waals surface area contributed by atoms with Crippen molar-refractivity contribution in [3.63, 3.8) is 0 Å². The molecule has 0 N–H and O–H groups in total. The van der Waals surface area contributed by atoms with Crippen molar-refractivity contribution in [1.82, 2.24) is 9.55 Å². The number of pyridine rings is 1. The Morgan fingerprint density at radius 2 is 1.32 bits per heavy atom. The molecular weight excluding hydrogens is 540 g/mol. The van der Waals surface area contributed by atoms with Crippen LogP contribution >= 0.6 is 0 Å². The van der Waals surface area contributed by atoms with Crippen molar-refractivity contribution in [2.24, 2.45) is 0 Å². The fraction of sp³-hybridized carbons (Fsp3) is 0.0769. The maximum Gasteiger partial charge on any atom is 0.164 e. The molecule has 0 unspecified atom stereocenters. The van der Waals surface area contributed by atoms with Crippen LogP contribution in [0.1, 0.15) is 30.7 Å². The number of hydrogen-bond donors (Lipinski definition) is 0. The maximum atomic E-state index is 10.4. The number of anilines is 3. The monoisotopic (exact) mass is 566 g/mol. The standard InChI is InChI=1S/C39H26N4O/c1-39(2)29-13-5-8-16-33(29)42(34-17-9-6-14-30(34)39)24-21-35(31(22-40)41-23-24)43-32-15-7-3-11-25(32)27-19-20-28-26-12-4-10-18-36(26)44-38(28)37(27)43/h3-21,23H,1-2H3. The van der Waals surface area contributed by atoms with Crippen LogP contribution in [0.2, 0.25) is 0 Å². The van der Waals surface area contributed by atoms with Crippen molar-refractivity contribution in [2.75, 3.05) is 4.90 Å². The molecule has 5 aromatic carbocycles. The summed E-state index contributed by atoms with van der Waals surface area (Å²) in [7, 11) is 0. The van der Waals surface area contributed by atoms with E-state index in [1.165, 1.54) is 11.1 Å². The number of nitriles is 1. The van der Waals surface area contributed by atoms with Crippen LogP contribution < -0.4 is 4.90 Å². The van der Waals surface area contributed by atoms with Gasteiger partial charge in [0.1, 0.15) is 11.7 Å². The Hall–Kier alpha value is -5.86. The van der Waals surface area contributed by atoms with Crippen LogP contribution in [-0.2, 0) is 5.41 Å². The number of rotatable bonds is 2. The van der Waals surface area contributed by atoms with E-state index < -0.39 is 0 Å². The number of hydrogen-bond acceptors (Lipinski definition) is 4. The van der Waals surface area contributed by atoms with Crippen molar-refractivity contribution in [1.29, 1.82) is 5.26 Å². The summed E-state index contributed by atoms with van der Waals surface area (Å²) >= 11 is 0. The first-order valence-electron chi connectivity index (χ1n) is 14.8. The number of para-hydroxylation sites is 4. The van der Waals surface area contributed by atoms with Gasteiger partial charge < -0.3 is 13.9 Å². The summed E-state index contributed by atoms with van der Waals surface area (Å²) in [5, 5.41) is 14.7. The van der Waals surface area contributed by atoms with Gasteiger partial charge in [-0.2, -0.15) is 5.26 Å². The van der Waals surface area contributed by atoms with Crippen molar-refractivity contribution in [3.05, 3.63) is 138 Å². The Bertz CT molecular complexity index is 2460. The van der Waals surface area contributed by atoms with Crippen molar-refractivity contribution >= 4 is 60.8 Å². The molecule has 44 heavy (non-hydrogen) atoms. The normalized spacial score (nSPS) is 13.8. The first-order valence-corrected chi connectivity index (χ1v) is 14.8. The Balaban J connectivity index is 1.39. The van der Waals surface area contributed by atoms with Gasteiger partial charge in [0, 0.05) is 27.0 Å². The van der Waals surface area contributed by atoms with Gasteiger partial charge in [0.05, 0.1) is 40.0 Å². The minimum atomic E-state index is -0.174. The van der Waals surface area contributed by atoms with E-state index in [4.69, 9.17) is 9.40 Å². The van der Waals surface area contributed by atoms with E-state index >= 15 is 0 Å². The second-order valence-corrected chi connectivity index (χ2v) is 12.0. The smallest absolute Gasteiger partial charge is 0.164 e. The largest absolute Gasteiger partial charge is 0.454 e. The lowest BCUT2D eigenvalue weighted by atomic mass is 9.73. The molecule has 0 bridgehead atoms. The van der Waals surface area contributed by atoms with E-state index in [2.05, 4.69) is 120 Å². The Kier molecular flexibility index (Phi) is 4.96. The molecule has 1 aliphatic heterocycles. The number of nitrogens with zero attached hydrogens (tertiary/aromatic N) is 4. The third-order valence-electron chi connectivity index (χ3n) is 9.27. The zero-order valence-corrected chi connectivity index (χ0v) is 24.2. The quantitative estimate of drug-likeness (QED) is 0.209. The Morgan fingerprint density at radius 1 is 0.682 bits per heavy atom. The molecule has 0 radical (unpaired) electrons. The molecule has 4 heterocycles. The van der Waals surface area contributed by atoms with Gasteiger partial charge in [0.25, 0.3) is 0 Å². The molecule has 0 atom stereocenters. The van der Waals surface area contributed by atoms with Crippen LogP contribution in [0.4, 0.5) is 17.1 Å². The SMILES string of the molecule is CC1(C)c2ccccc2N(c2cnc(C#N)c(-n3c4ccccc4c4ccc5c6ccccc6oc5c43)c2)c2ccccc21. The fourth-order valence-corrected chi connectivity index (χ4v) is 7.25. The lowest BCUT2D eigenvalue weighted by molar-refractivity contribution is 0.632. The van der Waals surface area contributed by atoms with Gasteiger partial charge in [-0.25, -0.2) is 4.98 Å². The average Bonchev–Trinajstić information content (AvgIpc) is 3.61. The van der Waals surface area contributed by atoms with Crippen LogP contribution in [0.15, 0.2) is 126 Å². The predicted molar refractivity (Wildman–Crippen MR) is 177 cm³/mol. The molecule has 0 fully saturated rings. The van der Waals surface area contributed by atoms with Crippen LogP contribution in [0.3, 0.4) is 0 Å². The molecule has 0 saturated heterocycles. The lowest BCUT2D eigenvalue weighted by Crippen LogP contribution is -2.30. The third-order valence-corrected chi connectivity index (χ3v) is 9.27. The van der Waals surface area contributed by atoms with Gasteiger partial charge in [-0.3, -0.25) is 0 Å². The van der Waals surface area contributed by atoms with Crippen LogP contribution in [0, 0.1) is 11.3 Å². The van der Waals surface area contributed by atoms with E-state index in [1.54, 1.807) is 0 Å². The summed E-state index contributed by atoms with van der Waals surface area (Å²) in [6.07, 6.45) is 1.82. The first kappa shape index (κ1) is 24.7. The minimum absolute atomic E-state index is 0.174. The number of aromatic nitrogens is 2. The molecule has 0 aliphatic carbocycles. The fourth-order valence-electron chi connectivity index (χ4n) is 7.25. The highest BCUT2D eigenvalue weighted by Gasteiger charge is 2.36. The summed E-state index contributed by atoms with van der Waals surface area (Å²) in [6, 6.07) is 42.4. The number of furan rings is 1. The average molecular weight is 567 g/mol. The highest BCUT2D eigenvalue weighted by atomic mass is 16.3. The molecule has 8 aromatic rings. The molecule has 0 spiro atoms. The van der Waals surface area contributed by atoms with Crippen molar-refractivity contribution in [2.45, 2.75) is 19.3 Å². The van der Waals surface area contributed by atoms with E-state index in [1.807, 2.05) is 30.5 Å². The molecule has 9 rings (SSSR count). The van der Waals surface area contributed by atoms with Gasteiger partial charge in [-0.15, -0.1) is 0 Å². The summed E-state index contributed by atoms with van der Waals surface area (Å²) in [5.41, 5.74) is 10.0. The van der Waals surface area contributed by atoms with E-state index in [0.29, 0.717) is 11.4 Å². The summed E-state index contributed by atoms with van der Waals surface area (Å²) in [6.45, 7) is 4.56. The van der Waals surface area contributed by atoms with Gasteiger partial charge >= 0.3 is 0 Å². The first-order chi connectivity index (χ1) is 21.6. The molecule has 208 valence electrons. The Morgan fingerprint density at radius 3 is 2.07 bits per heavy atom. The van der Waals surface area contributed by atoms with Crippen LogP contribution in [-0.4, -0.2) is 9.55 Å². The highest BCUT2D eigenvalue weighted by Crippen LogP contribution is 2.52. The molecule has 5 heteroatoms. The molecule has 0 saturated carbocycles.